The largest absolute Gasteiger partial charge is 0.457 e. The van der Waals surface area contributed by atoms with Crippen molar-refractivity contribution in [2.45, 2.75) is 11.3 Å². The Balaban J connectivity index is 1.90. The fraction of sp³-hybridized carbons (Fsp3) is 0.188. The van der Waals surface area contributed by atoms with Crippen LogP contribution in [0.15, 0.2) is 59.5 Å². The molecule has 0 spiro atoms. The summed E-state index contributed by atoms with van der Waals surface area (Å²) in [5, 5.41) is 2.00. The van der Waals surface area contributed by atoms with Crippen molar-refractivity contribution in [2.24, 2.45) is 0 Å². The number of para-hydroxylation sites is 1. The maximum absolute atomic E-state index is 12.2. The molecular weight excluding hydrogens is 381 g/mol. The maximum Gasteiger partial charge on any atom is 0.413 e. The summed E-state index contributed by atoms with van der Waals surface area (Å²) in [6, 6.07) is 14.9. The van der Waals surface area contributed by atoms with E-state index in [1.54, 1.807) is 12.1 Å². The second-order valence-electron chi connectivity index (χ2n) is 5.33. The molecule has 0 unspecified atom stereocenters. The van der Waals surface area contributed by atoms with Crippen LogP contribution in [0.3, 0.4) is 0 Å². The summed E-state index contributed by atoms with van der Waals surface area (Å²) >= 11 is 0. The highest BCUT2D eigenvalue weighted by Gasteiger charge is 2.25. The summed E-state index contributed by atoms with van der Waals surface area (Å²) in [6.45, 7) is -0.154. The highest BCUT2D eigenvalue weighted by Crippen LogP contribution is 2.34. The summed E-state index contributed by atoms with van der Waals surface area (Å²) in [5.74, 6) is 0.848. The molecule has 0 aromatic heterocycles. The molecule has 2 rings (SSSR count). The van der Waals surface area contributed by atoms with Crippen molar-refractivity contribution in [3.8, 4) is 11.5 Å². The van der Waals surface area contributed by atoms with Crippen LogP contribution in [0, 0.1) is 0 Å². The Labute approximate surface area is 150 Å². The zero-order valence-corrected chi connectivity index (χ0v) is 15.3. The Morgan fingerprint density at radius 1 is 1.00 bits per heavy atom. The monoisotopic (exact) mass is 399 g/mol. The lowest BCUT2D eigenvalue weighted by atomic mass is 10.3. The van der Waals surface area contributed by atoms with Crippen molar-refractivity contribution >= 4 is 23.1 Å². The Morgan fingerprint density at radius 2 is 1.58 bits per heavy atom. The lowest BCUT2D eigenvalue weighted by molar-refractivity contribution is 0.248. The smallest absolute Gasteiger partial charge is 0.413 e. The minimum Gasteiger partial charge on any atom is -0.457 e. The molecule has 2 aromatic carbocycles. The Morgan fingerprint density at radius 3 is 2.15 bits per heavy atom. The molecule has 8 nitrogen and oxygen atoms in total. The summed E-state index contributed by atoms with van der Waals surface area (Å²) in [4.78, 5) is 28.4. The van der Waals surface area contributed by atoms with Gasteiger partial charge in [0.1, 0.15) is 11.5 Å². The van der Waals surface area contributed by atoms with Gasteiger partial charge in [-0.15, -0.1) is 0 Å². The number of rotatable bonds is 8. The molecule has 26 heavy (non-hydrogen) atoms. The highest BCUT2D eigenvalue weighted by atomic mass is 32.2. The van der Waals surface area contributed by atoms with E-state index < -0.39 is 23.1 Å². The number of ether oxygens (including phenoxy) is 1. The van der Waals surface area contributed by atoms with Crippen LogP contribution in [0.1, 0.15) is 6.42 Å². The minimum absolute atomic E-state index is 0.0241. The maximum atomic E-state index is 12.2. The second-order valence-corrected chi connectivity index (χ2v) is 8.94. The molecule has 0 aliphatic rings. The molecule has 0 saturated carbocycles. The van der Waals surface area contributed by atoms with E-state index in [-0.39, 0.29) is 23.6 Å². The normalized spacial score (nSPS) is 11.8. The van der Waals surface area contributed by atoms with Crippen LogP contribution >= 0.6 is 7.60 Å². The van der Waals surface area contributed by atoms with E-state index in [1.165, 1.54) is 24.3 Å². The molecule has 0 radical (unpaired) electrons. The number of sulfone groups is 1. The van der Waals surface area contributed by atoms with Gasteiger partial charge in [-0.05, 0) is 42.8 Å². The van der Waals surface area contributed by atoms with E-state index in [2.05, 4.69) is 0 Å². The van der Waals surface area contributed by atoms with E-state index in [0.717, 1.165) is 0 Å². The summed E-state index contributed by atoms with van der Waals surface area (Å²) in [7, 11) is -8.43. The summed E-state index contributed by atoms with van der Waals surface area (Å²) in [6.07, 6.45) is 0.0241. The first-order valence-electron chi connectivity index (χ1n) is 7.58. The molecule has 140 valence electrons. The fourth-order valence-corrected chi connectivity index (χ4v) is 3.65. The first-order chi connectivity index (χ1) is 12.2. The van der Waals surface area contributed by atoms with Crippen LogP contribution in [0.5, 0.6) is 11.5 Å². The molecule has 0 bridgehead atoms. The van der Waals surface area contributed by atoms with Gasteiger partial charge in [0.25, 0.3) is 0 Å². The third kappa shape index (κ3) is 5.96. The van der Waals surface area contributed by atoms with Crippen LogP contribution in [0.2, 0.25) is 0 Å². The number of amides is 1. The van der Waals surface area contributed by atoms with Gasteiger partial charge in [-0.25, -0.2) is 13.0 Å². The predicted molar refractivity (Wildman–Crippen MR) is 95.1 cm³/mol. The molecule has 0 saturated heterocycles. The van der Waals surface area contributed by atoms with Gasteiger partial charge >= 0.3 is 13.2 Å². The van der Waals surface area contributed by atoms with Crippen molar-refractivity contribution in [1.82, 2.24) is 5.32 Å². The Kier molecular flexibility index (Phi) is 6.55. The van der Waals surface area contributed by atoms with E-state index in [4.69, 9.17) is 14.5 Å². The standard InChI is InChI=1S/C16H18NO7PS/c18-16(25(19,20)21)17-11-4-12-26(22,23)15-9-7-14(8-10-15)24-13-5-2-1-3-6-13/h1-3,5-10H,4,11-12H2,(H,17,18)(H2,19,20,21). The quantitative estimate of drug-likeness (QED) is 0.459. The number of hydrogen-bond donors (Lipinski definition) is 3. The molecule has 0 aliphatic heterocycles. The first-order valence-corrected chi connectivity index (χ1v) is 10.8. The molecular formula is C16H18NO7PS. The van der Waals surface area contributed by atoms with E-state index in [1.807, 2.05) is 23.5 Å². The molecule has 3 N–H and O–H groups in total. The lowest BCUT2D eigenvalue weighted by Crippen LogP contribution is -2.24. The van der Waals surface area contributed by atoms with Crippen LogP contribution < -0.4 is 10.1 Å². The van der Waals surface area contributed by atoms with Gasteiger partial charge < -0.3 is 19.8 Å². The van der Waals surface area contributed by atoms with Crippen molar-refractivity contribution in [3.63, 3.8) is 0 Å². The van der Waals surface area contributed by atoms with Crippen LogP contribution in [0.25, 0.3) is 0 Å². The van der Waals surface area contributed by atoms with Gasteiger partial charge in [0.15, 0.2) is 9.84 Å². The molecule has 2 aromatic rings. The first kappa shape index (κ1) is 20.1. The topological polar surface area (TPSA) is 130 Å². The Hall–Kier alpha value is -2.19. The summed E-state index contributed by atoms with van der Waals surface area (Å²) in [5.41, 5.74) is -1.42. The average Bonchev–Trinajstić information content (AvgIpc) is 2.59. The minimum atomic E-state index is -4.84. The van der Waals surface area contributed by atoms with E-state index >= 15 is 0 Å². The molecule has 0 heterocycles. The molecule has 1 amide bonds. The van der Waals surface area contributed by atoms with Crippen molar-refractivity contribution in [1.29, 1.82) is 0 Å². The van der Waals surface area contributed by atoms with Gasteiger partial charge in [0.2, 0.25) is 0 Å². The number of benzene rings is 2. The zero-order chi connectivity index (χ0) is 19.2. The highest BCUT2D eigenvalue weighted by molar-refractivity contribution is 7.91. The van der Waals surface area contributed by atoms with Gasteiger partial charge in [0.05, 0.1) is 10.6 Å². The number of nitrogens with one attached hydrogen (secondary N) is 1. The molecule has 10 heteroatoms. The summed E-state index contributed by atoms with van der Waals surface area (Å²) < 4.78 is 40.7. The van der Waals surface area contributed by atoms with Crippen molar-refractivity contribution in [2.75, 3.05) is 12.3 Å². The number of carbonyl (C=O) groups excluding carboxylic acids is 1. The Bertz CT molecular complexity index is 892. The van der Waals surface area contributed by atoms with E-state index in [9.17, 15) is 17.8 Å². The van der Waals surface area contributed by atoms with Crippen LogP contribution in [-0.2, 0) is 14.4 Å². The van der Waals surface area contributed by atoms with Crippen LogP contribution in [-0.4, -0.2) is 36.2 Å². The number of carbonyl (C=O) groups is 1. The molecule has 0 atom stereocenters. The van der Waals surface area contributed by atoms with Gasteiger partial charge in [-0.2, -0.15) is 0 Å². The second kappa shape index (κ2) is 8.46. The fourth-order valence-electron chi connectivity index (χ4n) is 2.02. The van der Waals surface area contributed by atoms with Crippen molar-refractivity contribution < 1.29 is 32.3 Å². The van der Waals surface area contributed by atoms with Crippen LogP contribution in [0.4, 0.5) is 4.79 Å². The van der Waals surface area contributed by atoms with E-state index in [0.29, 0.717) is 11.5 Å². The van der Waals surface area contributed by atoms with Gasteiger partial charge in [-0.3, -0.25) is 4.79 Å². The molecule has 0 aliphatic carbocycles. The number of hydrogen-bond acceptors (Lipinski definition) is 5. The van der Waals surface area contributed by atoms with Gasteiger partial charge in [-0.1, -0.05) is 18.2 Å². The zero-order valence-electron chi connectivity index (χ0n) is 13.6. The molecule has 0 fully saturated rings. The predicted octanol–water partition coefficient (Wildman–Crippen LogP) is 2.53. The van der Waals surface area contributed by atoms with Crippen molar-refractivity contribution in [3.05, 3.63) is 54.6 Å². The average molecular weight is 399 g/mol. The third-order valence-electron chi connectivity index (χ3n) is 3.29. The SMILES string of the molecule is O=C(NCCCS(=O)(=O)c1ccc(Oc2ccccc2)cc1)P(=O)(O)O. The lowest BCUT2D eigenvalue weighted by Gasteiger charge is -2.08. The third-order valence-corrected chi connectivity index (χ3v) is 5.80. The van der Waals surface area contributed by atoms with Gasteiger partial charge in [0, 0.05) is 6.54 Å².